The minimum absolute atomic E-state index is 0.345. The lowest BCUT2D eigenvalue weighted by molar-refractivity contribution is 0.262. The van der Waals surface area contributed by atoms with Crippen molar-refractivity contribution in [2.75, 3.05) is 24.9 Å². The molecule has 2 amide bonds. The van der Waals surface area contributed by atoms with Gasteiger partial charge in [0.2, 0.25) is 0 Å². The molecule has 0 saturated carbocycles. The Balaban J connectivity index is 1.74. The van der Waals surface area contributed by atoms with Crippen molar-refractivity contribution in [2.24, 2.45) is 0 Å². The SMILES string of the molecule is COc1cccc(NC(=O)Nc2cc(-n3ccnc3)ncn2)c1OC. The smallest absolute Gasteiger partial charge is 0.324 e. The first-order valence-corrected chi connectivity index (χ1v) is 7.30. The summed E-state index contributed by atoms with van der Waals surface area (Å²) in [6, 6.07) is 6.35. The maximum absolute atomic E-state index is 12.2. The average molecular weight is 340 g/mol. The molecule has 0 aliphatic heterocycles. The van der Waals surface area contributed by atoms with E-state index in [9.17, 15) is 4.79 Å². The number of nitrogens with one attached hydrogen (secondary N) is 2. The second kappa shape index (κ2) is 7.30. The van der Waals surface area contributed by atoms with Gasteiger partial charge in [0.1, 0.15) is 24.3 Å². The largest absolute Gasteiger partial charge is 0.493 e. The van der Waals surface area contributed by atoms with Gasteiger partial charge in [0.05, 0.1) is 19.9 Å². The molecule has 0 bridgehead atoms. The Morgan fingerprint density at radius 2 is 2.04 bits per heavy atom. The molecule has 0 aliphatic rings. The summed E-state index contributed by atoms with van der Waals surface area (Å²) in [7, 11) is 3.03. The number of amides is 2. The van der Waals surface area contributed by atoms with E-state index < -0.39 is 6.03 Å². The summed E-state index contributed by atoms with van der Waals surface area (Å²) in [5.41, 5.74) is 0.475. The van der Waals surface area contributed by atoms with Gasteiger partial charge in [-0.15, -0.1) is 0 Å². The first-order valence-electron chi connectivity index (χ1n) is 7.30. The highest BCUT2D eigenvalue weighted by Crippen LogP contribution is 2.34. The van der Waals surface area contributed by atoms with Crippen LogP contribution in [0.15, 0.2) is 49.3 Å². The van der Waals surface area contributed by atoms with E-state index in [0.29, 0.717) is 28.8 Å². The summed E-state index contributed by atoms with van der Waals surface area (Å²) in [6.45, 7) is 0. The van der Waals surface area contributed by atoms with Crippen LogP contribution in [0.3, 0.4) is 0 Å². The van der Waals surface area contributed by atoms with Gasteiger partial charge in [-0.3, -0.25) is 9.88 Å². The van der Waals surface area contributed by atoms with Crippen LogP contribution in [0.25, 0.3) is 5.82 Å². The molecule has 0 spiro atoms. The van der Waals surface area contributed by atoms with E-state index >= 15 is 0 Å². The Bertz CT molecular complexity index is 866. The number of rotatable bonds is 5. The summed E-state index contributed by atoms with van der Waals surface area (Å²) >= 11 is 0. The quantitative estimate of drug-likeness (QED) is 0.739. The number of hydrogen-bond donors (Lipinski definition) is 2. The Morgan fingerprint density at radius 3 is 2.76 bits per heavy atom. The third-order valence-electron chi connectivity index (χ3n) is 3.31. The number of aromatic nitrogens is 4. The molecule has 1 aromatic carbocycles. The van der Waals surface area contributed by atoms with E-state index in [1.165, 1.54) is 20.5 Å². The molecule has 2 aromatic heterocycles. The molecule has 128 valence electrons. The lowest BCUT2D eigenvalue weighted by atomic mass is 10.2. The number of nitrogens with zero attached hydrogens (tertiary/aromatic N) is 4. The van der Waals surface area contributed by atoms with Crippen LogP contribution < -0.4 is 20.1 Å². The predicted molar refractivity (Wildman–Crippen MR) is 91.3 cm³/mol. The van der Waals surface area contributed by atoms with Crippen molar-refractivity contribution in [3.63, 3.8) is 0 Å². The first kappa shape index (κ1) is 16.2. The third-order valence-corrected chi connectivity index (χ3v) is 3.31. The predicted octanol–water partition coefficient (Wildman–Crippen LogP) is 2.32. The van der Waals surface area contributed by atoms with Crippen LogP contribution in [-0.2, 0) is 0 Å². The lowest BCUT2D eigenvalue weighted by Gasteiger charge is -2.13. The first-order chi connectivity index (χ1) is 12.2. The van der Waals surface area contributed by atoms with Crippen LogP contribution in [0, 0.1) is 0 Å². The Morgan fingerprint density at radius 1 is 1.16 bits per heavy atom. The highest BCUT2D eigenvalue weighted by molar-refractivity contribution is 6.00. The Labute approximate surface area is 143 Å². The van der Waals surface area contributed by atoms with Gasteiger partial charge in [-0.05, 0) is 12.1 Å². The molecule has 0 saturated heterocycles. The molecule has 0 aliphatic carbocycles. The fourth-order valence-corrected chi connectivity index (χ4v) is 2.21. The van der Waals surface area contributed by atoms with Crippen molar-refractivity contribution in [3.8, 4) is 17.3 Å². The van der Waals surface area contributed by atoms with Gasteiger partial charge in [-0.2, -0.15) is 0 Å². The molecule has 3 rings (SSSR count). The van der Waals surface area contributed by atoms with E-state index in [1.807, 2.05) is 0 Å². The Kier molecular flexibility index (Phi) is 4.74. The number of anilines is 2. The van der Waals surface area contributed by atoms with Gasteiger partial charge in [-0.1, -0.05) is 6.07 Å². The summed E-state index contributed by atoms with van der Waals surface area (Å²) in [4.78, 5) is 24.4. The number of para-hydroxylation sites is 1. The van der Waals surface area contributed by atoms with Gasteiger partial charge in [0.25, 0.3) is 0 Å². The Hall–Kier alpha value is -3.62. The van der Waals surface area contributed by atoms with E-state index in [-0.39, 0.29) is 0 Å². The normalized spacial score (nSPS) is 10.2. The topological polar surface area (TPSA) is 103 Å². The van der Waals surface area contributed by atoms with Gasteiger partial charge >= 0.3 is 6.03 Å². The molecule has 0 atom stereocenters. The molecule has 2 N–H and O–H groups in total. The zero-order chi connectivity index (χ0) is 17.6. The molecule has 0 fully saturated rings. The monoisotopic (exact) mass is 340 g/mol. The highest BCUT2D eigenvalue weighted by Gasteiger charge is 2.13. The fourth-order valence-electron chi connectivity index (χ4n) is 2.21. The van der Waals surface area contributed by atoms with E-state index in [1.54, 1.807) is 47.6 Å². The molecule has 9 heteroatoms. The van der Waals surface area contributed by atoms with E-state index in [4.69, 9.17) is 9.47 Å². The minimum atomic E-state index is -0.471. The summed E-state index contributed by atoms with van der Waals surface area (Å²) in [5.74, 6) is 1.88. The second-order valence-corrected chi connectivity index (χ2v) is 4.85. The van der Waals surface area contributed by atoms with Gasteiger partial charge < -0.3 is 14.8 Å². The molecule has 25 heavy (non-hydrogen) atoms. The highest BCUT2D eigenvalue weighted by atomic mass is 16.5. The van der Waals surface area contributed by atoms with Crippen LogP contribution in [0.4, 0.5) is 16.3 Å². The van der Waals surface area contributed by atoms with Crippen molar-refractivity contribution in [1.29, 1.82) is 0 Å². The molecule has 0 unspecified atom stereocenters. The number of urea groups is 1. The zero-order valence-electron chi connectivity index (χ0n) is 13.6. The van der Waals surface area contributed by atoms with Crippen molar-refractivity contribution < 1.29 is 14.3 Å². The van der Waals surface area contributed by atoms with Crippen LogP contribution in [0.2, 0.25) is 0 Å². The fraction of sp³-hybridized carbons (Fsp3) is 0.125. The van der Waals surface area contributed by atoms with E-state index in [0.717, 1.165) is 0 Å². The standard InChI is InChI=1S/C16H16N6O3/c1-24-12-5-3-4-11(15(12)25-2)20-16(23)21-13-8-14(19-9-18-13)22-7-6-17-10-22/h3-10H,1-2H3,(H2,18,19,20,21,23). The molecule has 0 radical (unpaired) electrons. The van der Waals surface area contributed by atoms with Crippen LogP contribution >= 0.6 is 0 Å². The maximum atomic E-state index is 12.2. The third kappa shape index (κ3) is 3.66. The second-order valence-electron chi connectivity index (χ2n) is 4.85. The number of carbonyl (C=O) groups excluding carboxylic acids is 1. The van der Waals surface area contributed by atoms with Crippen molar-refractivity contribution in [3.05, 3.63) is 49.3 Å². The summed E-state index contributed by atoms with van der Waals surface area (Å²) in [6.07, 6.45) is 6.34. The molecular formula is C16H16N6O3. The summed E-state index contributed by atoms with van der Waals surface area (Å²) < 4.78 is 12.2. The zero-order valence-corrected chi connectivity index (χ0v) is 13.6. The molecule has 3 aromatic rings. The molecular weight excluding hydrogens is 324 g/mol. The molecule has 9 nitrogen and oxygen atoms in total. The van der Waals surface area contributed by atoms with Gasteiger partial charge in [-0.25, -0.2) is 19.7 Å². The number of methoxy groups -OCH3 is 2. The maximum Gasteiger partial charge on any atom is 0.324 e. The summed E-state index contributed by atoms with van der Waals surface area (Å²) in [5, 5.41) is 5.35. The van der Waals surface area contributed by atoms with E-state index in [2.05, 4.69) is 25.6 Å². The number of ether oxygens (including phenoxy) is 2. The number of carbonyl (C=O) groups is 1. The van der Waals surface area contributed by atoms with Crippen LogP contribution in [-0.4, -0.2) is 39.8 Å². The van der Waals surface area contributed by atoms with Crippen molar-refractivity contribution in [2.45, 2.75) is 0 Å². The molecule has 2 heterocycles. The van der Waals surface area contributed by atoms with Crippen LogP contribution in [0.1, 0.15) is 0 Å². The van der Waals surface area contributed by atoms with Crippen molar-refractivity contribution in [1.82, 2.24) is 19.5 Å². The van der Waals surface area contributed by atoms with Gasteiger partial charge in [0, 0.05) is 18.5 Å². The van der Waals surface area contributed by atoms with Gasteiger partial charge in [0.15, 0.2) is 11.5 Å². The number of imidazole rings is 1. The number of benzene rings is 1. The number of hydrogen-bond acceptors (Lipinski definition) is 6. The average Bonchev–Trinajstić information content (AvgIpc) is 3.16. The van der Waals surface area contributed by atoms with Crippen LogP contribution in [0.5, 0.6) is 11.5 Å². The minimum Gasteiger partial charge on any atom is -0.493 e. The van der Waals surface area contributed by atoms with Crippen molar-refractivity contribution >= 4 is 17.5 Å². The lowest BCUT2D eigenvalue weighted by Crippen LogP contribution is -2.20.